The Labute approximate surface area is 125 Å². The van der Waals surface area contributed by atoms with Crippen molar-refractivity contribution in [3.8, 4) is 0 Å². The molecule has 2 amide bonds. The molecule has 0 aromatic carbocycles. The standard InChI is InChI=1S/C14H24N2O5/c1-4-21-14(19)15-8-5-12(6-9-15)16(11(2)17)10-7-13(18)20-3/h12H,4-10H2,1-3H3. The van der Waals surface area contributed by atoms with Crippen LogP contribution in [0.3, 0.4) is 0 Å². The maximum Gasteiger partial charge on any atom is 0.409 e. The average Bonchev–Trinajstić information content (AvgIpc) is 2.47. The highest BCUT2D eigenvalue weighted by Gasteiger charge is 2.28. The molecular weight excluding hydrogens is 276 g/mol. The molecule has 1 aliphatic rings. The molecule has 0 aromatic heterocycles. The van der Waals surface area contributed by atoms with Gasteiger partial charge in [-0.3, -0.25) is 9.59 Å². The molecule has 0 spiro atoms. The number of hydrogen-bond acceptors (Lipinski definition) is 5. The topological polar surface area (TPSA) is 76.2 Å². The van der Waals surface area contributed by atoms with Crippen LogP contribution >= 0.6 is 0 Å². The molecule has 0 atom stereocenters. The van der Waals surface area contributed by atoms with E-state index in [9.17, 15) is 14.4 Å². The van der Waals surface area contributed by atoms with Gasteiger partial charge in [0, 0.05) is 32.6 Å². The van der Waals surface area contributed by atoms with Gasteiger partial charge >= 0.3 is 12.1 Å². The third-order valence-electron chi connectivity index (χ3n) is 3.62. The van der Waals surface area contributed by atoms with Gasteiger partial charge in [-0.1, -0.05) is 0 Å². The Kier molecular flexibility index (Phi) is 6.98. The van der Waals surface area contributed by atoms with E-state index in [0.717, 1.165) is 0 Å². The summed E-state index contributed by atoms with van der Waals surface area (Å²) in [4.78, 5) is 37.9. The Morgan fingerprint density at radius 1 is 1.24 bits per heavy atom. The number of amides is 2. The fourth-order valence-corrected chi connectivity index (χ4v) is 2.49. The zero-order chi connectivity index (χ0) is 15.8. The fraction of sp³-hybridized carbons (Fsp3) is 0.786. The van der Waals surface area contributed by atoms with Crippen molar-refractivity contribution in [3.05, 3.63) is 0 Å². The first-order chi connectivity index (χ1) is 9.99. The van der Waals surface area contributed by atoms with Crippen molar-refractivity contribution in [1.29, 1.82) is 0 Å². The Balaban J connectivity index is 2.50. The van der Waals surface area contributed by atoms with Crippen molar-refractivity contribution in [2.45, 2.75) is 39.2 Å². The lowest BCUT2D eigenvalue weighted by Gasteiger charge is -2.37. The van der Waals surface area contributed by atoms with Gasteiger partial charge in [0.1, 0.15) is 0 Å². The smallest absolute Gasteiger partial charge is 0.409 e. The first kappa shape index (κ1) is 17.3. The Hall–Kier alpha value is -1.79. The summed E-state index contributed by atoms with van der Waals surface area (Å²) in [5, 5.41) is 0. The molecule has 21 heavy (non-hydrogen) atoms. The zero-order valence-corrected chi connectivity index (χ0v) is 13.0. The third kappa shape index (κ3) is 5.24. The molecule has 0 aromatic rings. The molecule has 0 radical (unpaired) electrons. The minimum Gasteiger partial charge on any atom is -0.469 e. The molecule has 0 N–H and O–H groups in total. The van der Waals surface area contributed by atoms with E-state index in [-0.39, 0.29) is 30.4 Å². The molecule has 1 saturated heterocycles. The SMILES string of the molecule is CCOC(=O)N1CCC(N(CCC(=O)OC)C(C)=O)CC1. The fourth-order valence-electron chi connectivity index (χ4n) is 2.49. The third-order valence-corrected chi connectivity index (χ3v) is 3.62. The van der Waals surface area contributed by atoms with Gasteiger partial charge in [-0.15, -0.1) is 0 Å². The number of carbonyl (C=O) groups is 3. The molecular formula is C14H24N2O5. The summed E-state index contributed by atoms with van der Waals surface area (Å²) >= 11 is 0. The van der Waals surface area contributed by atoms with Crippen LogP contribution in [0.2, 0.25) is 0 Å². The lowest BCUT2D eigenvalue weighted by Crippen LogP contribution is -2.48. The zero-order valence-electron chi connectivity index (χ0n) is 13.0. The Bertz CT molecular complexity index is 378. The van der Waals surface area contributed by atoms with E-state index in [0.29, 0.717) is 39.1 Å². The quantitative estimate of drug-likeness (QED) is 0.709. The monoisotopic (exact) mass is 300 g/mol. The van der Waals surface area contributed by atoms with Crippen molar-refractivity contribution in [1.82, 2.24) is 9.80 Å². The van der Waals surface area contributed by atoms with E-state index < -0.39 is 0 Å². The van der Waals surface area contributed by atoms with Crippen LogP contribution in [0.5, 0.6) is 0 Å². The van der Waals surface area contributed by atoms with Crippen molar-refractivity contribution < 1.29 is 23.9 Å². The molecule has 0 unspecified atom stereocenters. The maximum atomic E-state index is 11.7. The van der Waals surface area contributed by atoms with E-state index >= 15 is 0 Å². The van der Waals surface area contributed by atoms with E-state index in [4.69, 9.17) is 4.74 Å². The Morgan fingerprint density at radius 2 is 1.86 bits per heavy atom. The highest BCUT2D eigenvalue weighted by Crippen LogP contribution is 2.18. The van der Waals surface area contributed by atoms with Crippen LogP contribution in [0.4, 0.5) is 4.79 Å². The van der Waals surface area contributed by atoms with Gasteiger partial charge in [-0.2, -0.15) is 0 Å². The molecule has 7 heteroatoms. The number of likely N-dealkylation sites (tertiary alicyclic amines) is 1. The molecule has 120 valence electrons. The van der Waals surface area contributed by atoms with Gasteiger partial charge in [0.25, 0.3) is 0 Å². The summed E-state index contributed by atoms with van der Waals surface area (Å²) in [5.41, 5.74) is 0. The second kappa shape index (κ2) is 8.49. The summed E-state index contributed by atoms with van der Waals surface area (Å²) in [5.74, 6) is -0.390. The number of hydrogen-bond donors (Lipinski definition) is 0. The van der Waals surface area contributed by atoms with E-state index in [2.05, 4.69) is 4.74 Å². The van der Waals surface area contributed by atoms with Crippen LogP contribution in [0.25, 0.3) is 0 Å². The van der Waals surface area contributed by atoms with E-state index in [1.807, 2.05) is 0 Å². The molecule has 1 heterocycles. The summed E-state index contributed by atoms with van der Waals surface area (Å²) in [6, 6.07) is 0.0535. The summed E-state index contributed by atoms with van der Waals surface area (Å²) in [7, 11) is 1.33. The number of nitrogens with zero attached hydrogens (tertiary/aromatic N) is 2. The van der Waals surface area contributed by atoms with Crippen molar-refractivity contribution in [3.63, 3.8) is 0 Å². The van der Waals surface area contributed by atoms with Crippen LogP contribution in [0, 0.1) is 0 Å². The van der Waals surface area contributed by atoms with Crippen LogP contribution < -0.4 is 0 Å². The molecule has 0 bridgehead atoms. The van der Waals surface area contributed by atoms with Gasteiger partial charge in [-0.05, 0) is 19.8 Å². The minimum absolute atomic E-state index is 0.0535. The summed E-state index contributed by atoms with van der Waals surface area (Å²) in [6.07, 6.45) is 1.27. The second-order valence-electron chi connectivity index (χ2n) is 4.96. The average molecular weight is 300 g/mol. The predicted molar refractivity (Wildman–Crippen MR) is 75.6 cm³/mol. The predicted octanol–water partition coefficient (Wildman–Crippen LogP) is 1.02. The number of rotatable bonds is 5. The van der Waals surface area contributed by atoms with Crippen LogP contribution in [-0.2, 0) is 19.1 Å². The molecule has 1 fully saturated rings. The van der Waals surface area contributed by atoms with Crippen molar-refractivity contribution >= 4 is 18.0 Å². The second-order valence-corrected chi connectivity index (χ2v) is 4.96. The number of esters is 1. The Morgan fingerprint density at radius 3 is 2.33 bits per heavy atom. The van der Waals surface area contributed by atoms with Gasteiger partial charge in [0.05, 0.1) is 20.1 Å². The first-order valence-electron chi connectivity index (χ1n) is 7.25. The molecule has 1 rings (SSSR count). The highest BCUT2D eigenvalue weighted by molar-refractivity contribution is 5.75. The summed E-state index contributed by atoms with van der Waals surface area (Å²) < 4.78 is 9.56. The first-order valence-corrected chi connectivity index (χ1v) is 7.25. The van der Waals surface area contributed by atoms with E-state index in [1.54, 1.807) is 16.7 Å². The van der Waals surface area contributed by atoms with Crippen molar-refractivity contribution in [2.75, 3.05) is 33.4 Å². The van der Waals surface area contributed by atoms with Crippen LogP contribution in [0.1, 0.15) is 33.1 Å². The summed E-state index contributed by atoms with van der Waals surface area (Å²) in [6.45, 7) is 5.10. The lowest BCUT2D eigenvalue weighted by molar-refractivity contribution is -0.142. The number of carbonyl (C=O) groups excluding carboxylic acids is 3. The molecule has 0 saturated carbocycles. The number of methoxy groups -OCH3 is 1. The van der Waals surface area contributed by atoms with Crippen LogP contribution in [-0.4, -0.2) is 67.2 Å². The van der Waals surface area contributed by atoms with Gasteiger partial charge in [0.2, 0.25) is 5.91 Å². The van der Waals surface area contributed by atoms with Crippen LogP contribution in [0.15, 0.2) is 0 Å². The van der Waals surface area contributed by atoms with Crippen molar-refractivity contribution in [2.24, 2.45) is 0 Å². The molecule has 1 aliphatic heterocycles. The van der Waals surface area contributed by atoms with Gasteiger partial charge in [0.15, 0.2) is 0 Å². The molecule has 7 nitrogen and oxygen atoms in total. The number of piperidine rings is 1. The largest absolute Gasteiger partial charge is 0.469 e. The number of ether oxygens (including phenoxy) is 2. The van der Waals surface area contributed by atoms with Gasteiger partial charge < -0.3 is 19.3 Å². The normalized spacial score (nSPS) is 15.5. The maximum absolute atomic E-state index is 11.7. The molecule has 0 aliphatic carbocycles. The van der Waals surface area contributed by atoms with Gasteiger partial charge in [-0.25, -0.2) is 4.79 Å². The minimum atomic E-state index is -0.329. The highest BCUT2D eigenvalue weighted by atomic mass is 16.6. The lowest BCUT2D eigenvalue weighted by atomic mass is 10.0. The van der Waals surface area contributed by atoms with E-state index in [1.165, 1.54) is 14.0 Å².